The highest BCUT2D eigenvalue weighted by molar-refractivity contribution is 5.23. The molecule has 1 aliphatic carbocycles. The molecule has 0 saturated heterocycles. The van der Waals surface area contributed by atoms with Gasteiger partial charge in [-0.2, -0.15) is 0 Å². The van der Waals surface area contributed by atoms with Crippen molar-refractivity contribution in [3.8, 4) is 5.75 Å². The minimum absolute atomic E-state index is 0.188. The molecule has 1 saturated carbocycles. The summed E-state index contributed by atoms with van der Waals surface area (Å²) in [6.45, 7) is 0.188. The van der Waals surface area contributed by atoms with Crippen LogP contribution in [-0.2, 0) is 0 Å². The lowest BCUT2D eigenvalue weighted by atomic mass is 10.0. The van der Waals surface area contributed by atoms with Crippen molar-refractivity contribution in [2.45, 2.75) is 31.3 Å². The number of ether oxygens (including phenoxy) is 1. The minimum Gasteiger partial charge on any atom is -0.488 e. The Morgan fingerprint density at radius 1 is 1.27 bits per heavy atom. The van der Waals surface area contributed by atoms with E-state index in [-0.39, 0.29) is 18.2 Å². The predicted octanol–water partition coefficient (Wildman–Crippen LogP) is 2.51. The smallest absolute Gasteiger partial charge is 0.165 e. The van der Waals surface area contributed by atoms with Gasteiger partial charge in [-0.05, 0) is 25.0 Å². The number of hydrogen-bond acceptors (Lipinski definition) is 2. The highest BCUT2D eigenvalue weighted by Gasteiger charge is 2.32. The summed E-state index contributed by atoms with van der Waals surface area (Å²) in [6, 6.07) is 6.27. The first kappa shape index (κ1) is 10.4. The van der Waals surface area contributed by atoms with Crippen molar-refractivity contribution in [2.75, 3.05) is 6.61 Å². The second-order valence-electron chi connectivity index (χ2n) is 4.15. The van der Waals surface area contributed by atoms with Crippen molar-refractivity contribution in [3.63, 3.8) is 0 Å². The van der Waals surface area contributed by atoms with Gasteiger partial charge in [-0.15, -0.1) is 0 Å². The lowest BCUT2D eigenvalue weighted by molar-refractivity contribution is 0.000334. The number of rotatable bonds is 3. The van der Waals surface area contributed by atoms with Crippen LogP contribution in [0, 0.1) is 5.82 Å². The summed E-state index contributed by atoms with van der Waals surface area (Å²) in [7, 11) is 0. The van der Waals surface area contributed by atoms with E-state index >= 15 is 0 Å². The van der Waals surface area contributed by atoms with Gasteiger partial charge in [0, 0.05) is 0 Å². The normalized spacial score (nSPS) is 19.1. The Labute approximate surface area is 88.7 Å². The number of para-hydroxylation sites is 1. The molecule has 0 spiro atoms. The van der Waals surface area contributed by atoms with Crippen molar-refractivity contribution in [2.24, 2.45) is 0 Å². The van der Waals surface area contributed by atoms with Gasteiger partial charge >= 0.3 is 0 Å². The van der Waals surface area contributed by atoms with E-state index in [0.29, 0.717) is 0 Å². The van der Waals surface area contributed by atoms with Crippen molar-refractivity contribution in [1.29, 1.82) is 0 Å². The van der Waals surface area contributed by atoms with Gasteiger partial charge in [0.25, 0.3) is 0 Å². The van der Waals surface area contributed by atoms with E-state index in [0.717, 1.165) is 25.7 Å². The Bertz CT molecular complexity index is 332. The average molecular weight is 210 g/mol. The second kappa shape index (κ2) is 4.19. The topological polar surface area (TPSA) is 29.5 Å². The van der Waals surface area contributed by atoms with Gasteiger partial charge in [-0.25, -0.2) is 4.39 Å². The highest BCUT2D eigenvalue weighted by atomic mass is 19.1. The van der Waals surface area contributed by atoms with Gasteiger partial charge in [0.15, 0.2) is 11.6 Å². The van der Waals surface area contributed by atoms with Crippen LogP contribution in [0.5, 0.6) is 5.75 Å². The van der Waals surface area contributed by atoms with Crippen LogP contribution < -0.4 is 4.74 Å². The zero-order chi connectivity index (χ0) is 10.7. The summed E-state index contributed by atoms with van der Waals surface area (Å²) in [5.74, 6) is -0.156. The maximum Gasteiger partial charge on any atom is 0.165 e. The molecule has 1 aromatic rings. The molecule has 0 unspecified atom stereocenters. The Balaban J connectivity index is 1.95. The maximum absolute atomic E-state index is 13.2. The fourth-order valence-corrected chi connectivity index (χ4v) is 1.95. The van der Waals surface area contributed by atoms with Crippen molar-refractivity contribution in [3.05, 3.63) is 30.1 Å². The van der Waals surface area contributed by atoms with Gasteiger partial charge in [0.05, 0.1) is 5.60 Å². The molecule has 1 fully saturated rings. The predicted molar refractivity (Wildman–Crippen MR) is 55.3 cm³/mol. The number of aliphatic hydroxyl groups is 1. The minimum atomic E-state index is -0.748. The summed E-state index contributed by atoms with van der Waals surface area (Å²) in [5, 5.41) is 10.00. The Morgan fingerprint density at radius 3 is 2.60 bits per heavy atom. The van der Waals surface area contributed by atoms with Gasteiger partial charge in [-0.3, -0.25) is 0 Å². The molecule has 0 amide bonds. The zero-order valence-corrected chi connectivity index (χ0v) is 8.58. The first-order chi connectivity index (χ1) is 7.20. The van der Waals surface area contributed by atoms with Crippen LogP contribution in [0.15, 0.2) is 24.3 Å². The van der Waals surface area contributed by atoms with Crippen molar-refractivity contribution in [1.82, 2.24) is 0 Å². The molecular weight excluding hydrogens is 195 g/mol. The van der Waals surface area contributed by atoms with E-state index < -0.39 is 5.60 Å². The van der Waals surface area contributed by atoms with Crippen LogP contribution in [0.3, 0.4) is 0 Å². The lowest BCUT2D eigenvalue weighted by Crippen LogP contribution is -2.32. The van der Waals surface area contributed by atoms with Crippen LogP contribution in [0.4, 0.5) is 4.39 Å². The fraction of sp³-hybridized carbons (Fsp3) is 0.500. The van der Waals surface area contributed by atoms with Crippen LogP contribution in [0.1, 0.15) is 25.7 Å². The lowest BCUT2D eigenvalue weighted by Gasteiger charge is -2.22. The molecule has 2 nitrogen and oxygen atoms in total. The summed E-state index contributed by atoms with van der Waals surface area (Å²) >= 11 is 0. The molecule has 1 aromatic carbocycles. The molecule has 0 aromatic heterocycles. The largest absolute Gasteiger partial charge is 0.488 e. The molecule has 2 rings (SSSR count). The van der Waals surface area contributed by atoms with E-state index in [1.807, 2.05) is 0 Å². The summed E-state index contributed by atoms with van der Waals surface area (Å²) in [6.07, 6.45) is 3.55. The summed E-state index contributed by atoms with van der Waals surface area (Å²) < 4.78 is 18.5. The van der Waals surface area contributed by atoms with Crippen LogP contribution in [0.2, 0.25) is 0 Å². The van der Waals surface area contributed by atoms with Gasteiger partial charge in [0.1, 0.15) is 6.61 Å². The third kappa shape index (κ3) is 2.48. The maximum atomic E-state index is 13.2. The van der Waals surface area contributed by atoms with E-state index in [9.17, 15) is 9.50 Å². The molecular formula is C12H15FO2. The van der Waals surface area contributed by atoms with E-state index in [1.165, 1.54) is 6.07 Å². The Morgan fingerprint density at radius 2 is 1.93 bits per heavy atom. The SMILES string of the molecule is OC1(COc2ccccc2F)CCCC1. The van der Waals surface area contributed by atoms with Gasteiger partial charge in [-0.1, -0.05) is 25.0 Å². The number of benzene rings is 1. The Hall–Kier alpha value is -1.09. The molecule has 0 aliphatic heterocycles. The zero-order valence-electron chi connectivity index (χ0n) is 8.58. The summed E-state index contributed by atoms with van der Waals surface area (Å²) in [5.41, 5.74) is -0.748. The molecule has 1 aliphatic rings. The molecule has 82 valence electrons. The van der Waals surface area contributed by atoms with Gasteiger partial charge < -0.3 is 9.84 Å². The third-order valence-electron chi connectivity index (χ3n) is 2.87. The number of hydrogen-bond donors (Lipinski definition) is 1. The molecule has 0 bridgehead atoms. The third-order valence-corrected chi connectivity index (χ3v) is 2.87. The van der Waals surface area contributed by atoms with E-state index in [2.05, 4.69) is 0 Å². The van der Waals surface area contributed by atoms with Crippen LogP contribution >= 0.6 is 0 Å². The molecule has 1 N–H and O–H groups in total. The standard InChI is InChI=1S/C12H15FO2/c13-10-5-1-2-6-11(10)15-9-12(14)7-3-4-8-12/h1-2,5-6,14H,3-4,7-9H2. The van der Waals surface area contributed by atoms with E-state index in [1.54, 1.807) is 18.2 Å². The molecule has 0 radical (unpaired) electrons. The van der Waals surface area contributed by atoms with Crippen LogP contribution in [0.25, 0.3) is 0 Å². The quantitative estimate of drug-likeness (QED) is 0.830. The first-order valence-electron chi connectivity index (χ1n) is 5.29. The molecule has 3 heteroatoms. The first-order valence-corrected chi connectivity index (χ1v) is 5.29. The van der Waals surface area contributed by atoms with Crippen molar-refractivity contribution < 1.29 is 14.2 Å². The summed E-state index contributed by atoms with van der Waals surface area (Å²) in [4.78, 5) is 0. The number of halogens is 1. The van der Waals surface area contributed by atoms with Crippen molar-refractivity contribution >= 4 is 0 Å². The second-order valence-corrected chi connectivity index (χ2v) is 4.15. The fourth-order valence-electron chi connectivity index (χ4n) is 1.95. The van der Waals surface area contributed by atoms with E-state index in [4.69, 9.17) is 4.74 Å². The molecule has 0 atom stereocenters. The monoisotopic (exact) mass is 210 g/mol. The van der Waals surface area contributed by atoms with Crippen LogP contribution in [-0.4, -0.2) is 17.3 Å². The highest BCUT2D eigenvalue weighted by Crippen LogP contribution is 2.30. The Kier molecular flexibility index (Phi) is 2.91. The molecule has 0 heterocycles. The van der Waals surface area contributed by atoms with Gasteiger partial charge in [0.2, 0.25) is 0 Å². The average Bonchev–Trinajstić information content (AvgIpc) is 2.65. The molecule has 15 heavy (non-hydrogen) atoms.